The van der Waals surface area contributed by atoms with Gasteiger partial charge in [0.2, 0.25) is 0 Å². The third kappa shape index (κ3) is 2.31. The molecule has 1 rings (SSSR count). The zero-order valence-electron chi connectivity index (χ0n) is 7.21. The number of nitrogens with one attached hydrogen (secondary N) is 1. The van der Waals surface area contributed by atoms with Crippen molar-refractivity contribution in [3.63, 3.8) is 0 Å². The highest BCUT2D eigenvalue weighted by Crippen LogP contribution is 2.26. The minimum Gasteiger partial charge on any atom is -0.387 e. The van der Waals surface area contributed by atoms with Crippen LogP contribution in [0.25, 0.3) is 0 Å². The van der Waals surface area contributed by atoms with Gasteiger partial charge in [-0.25, -0.2) is 0 Å². The number of benzene rings is 1. The predicted octanol–water partition coefficient (Wildman–Crippen LogP) is 3.01. The Kier molecular flexibility index (Phi) is 3.74. The monoisotopic (exact) mass is 179 g/mol. The van der Waals surface area contributed by atoms with E-state index in [2.05, 4.69) is 24.0 Å². The van der Waals surface area contributed by atoms with Gasteiger partial charge in [0.1, 0.15) is 0 Å². The van der Waals surface area contributed by atoms with Crippen LogP contribution in [-0.2, 0) is 0 Å². The van der Waals surface area contributed by atoms with Gasteiger partial charge in [-0.15, -0.1) is 18.3 Å². The van der Waals surface area contributed by atoms with Crippen molar-refractivity contribution in [3.8, 4) is 0 Å². The summed E-state index contributed by atoms with van der Waals surface area (Å²) in [4.78, 5) is 1.28. The summed E-state index contributed by atoms with van der Waals surface area (Å²) in [6.45, 7) is 3.69. The van der Waals surface area contributed by atoms with Crippen molar-refractivity contribution < 1.29 is 0 Å². The molecule has 0 atom stereocenters. The second kappa shape index (κ2) is 4.88. The Morgan fingerprint density at radius 2 is 2.25 bits per heavy atom. The van der Waals surface area contributed by atoms with Gasteiger partial charge in [-0.05, 0) is 12.1 Å². The Morgan fingerprint density at radius 1 is 1.50 bits per heavy atom. The van der Waals surface area contributed by atoms with Crippen molar-refractivity contribution in [1.82, 2.24) is 0 Å². The van der Waals surface area contributed by atoms with Gasteiger partial charge in [0.25, 0.3) is 0 Å². The minimum atomic E-state index is 0.957. The minimum absolute atomic E-state index is 0.957. The molecule has 64 valence electrons. The molecular weight excluding hydrogens is 166 g/mol. The zero-order chi connectivity index (χ0) is 8.81. The average Bonchev–Trinajstić information content (AvgIpc) is 2.15. The largest absolute Gasteiger partial charge is 0.387 e. The van der Waals surface area contributed by atoms with Gasteiger partial charge in [-0.3, -0.25) is 0 Å². The molecule has 0 spiro atoms. The first-order valence-electron chi connectivity index (χ1n) is 3.89. The quantitative estimate of drug-likeness (QED) is 0.563. The van der Waals surface area contributed by atoms with E-state index < -0.39 is 0 Å². The topological polar surface area (TPSA) is 12.0 Å². The van der Waals surface area contributed by atoms with Crippen molar-refractivity contribution in [2.45, 2.75) is 4.90 Å². The highest BCUT2D eigenvalue weighted by Gasteiger charge is 1.97. The lowest BCUT2D eigenvalue weighted by molar-refractivity contribution is 1.38. The summed E-state index contributed by atoms with van der Waals surface area (Å²) in [5, 5.41) is 3.15. The van der Waals surface area contributed by atoms with Crippen LogP contribution in [0.2, 0.25) is 0 Å². The highest BCUT2D eigenvalue weighted by atomic mass is 32.2. The van der Waals surface area contributed by atoms with E-state index in [1.807, 2.05) is 25.3 Å². The fourth-order valence-corrected chi connectivity index (χ4v) is 1.75. The van der Waals surface area contributed by atoms with Crippen LogP contribution in [0.3, 0.4) is 0 Å². The van der Waals surface area contributed by atoms with Crippen LogP contribution in [0.5, 0.6) is 0 Å². The van der Waals surface area contributed by atoms with Crippen molar-refractivity contribution in [2.24, 2.45) is 0 Å². The lowest BCUT2D eigenvalue weighted by Crippen LogP contribution is -1.89. The van der Waals surface area contributed by atoms with Crippen LogP contribution in [0, 0.1) is 0 Å². The molecule has 0 aliphatic heterocycles. The van der Waals surface area contributed by atoms with Crippen LogP contribution in [-0.4, -0.2) is 12.8 Å². The maximum absolute atomic E-state index is 3.69. The molecule has 0 saturated heterocycles. The molecule has 1 N–H and O–H groups in total. The van der Waals surface area contributed by atoms with E-state index >= 15 is 0 Å². The highest BCUT2D eigenvalue weighted by molar-refractivity contribution is 7.99. The first-order chi connectivity index (χ1) is 5.88. The van der Waals surface area contributed by atoms with E-state index in [1.54, 1.807) is 11.8 Å². The molecule has 0 radical (unpaired) electrons. The Balaban J connectivity index is 2.74. The summed E-state index contributed by atoms with van der Waals surface area (Å²) >= 11 is 1.79. The molecule has 0 aromatic heterocycles. The van der Waals surface area contributed by atoms with Crippen LogP contribution >= 0.6 is 11.8 Å². The molecule has 12 heavy (non-hydrogen) atoms. The van der Waals surface area contributed by atoms with Crippen LogP contribution in [0.4, 0.5) is 5.69 Å². The Hall–Kier alpha value is -0.890. The average molecular weight is 179 g/mol. The molecule has 1 aromatic rings. The SMILES string of the molecule is C=CCSc1ccccc1NC. The van der Waals surface area contributed by atoms with Gasteiger partial charge in [0, 0.05) is 23.4 Å². The van der Waals surface area contributed by atoms with Crippen molar-refractivity contribution in [1.29, 1.82) is 0 Å². The number of anilines is 1. The van der Waals surface area contributed by atoms with E-state index in [-0.39, 0.29) is 0 Å². The van der Waals surface area contributed by atoms with Crippen LogP contribution in [0.15, 0.2) is 41.8 Å². The fourth-order valence-electron chi connectivity index (χ4n) is 0.948. The zero-order valence-corrected chi connectivity index (χ0v) is 8.03. The molecule has 0 heterocycles. The van der Waals surface area contributed by atoms with Crippen molar-refractivity contribution in [2.75, 3.05) is 18.1 Å². The first-order valence-corrected chi connectivity index (χ1v) is 4.87. The molecule has 0 amide bonds. The Bertz CT molecular complexity index is 258. The third-order valence-corrected chi connectivity index (χ3v) is 2.58. The van der Waals surface area contributed by atoms with Gasteiger partial charge >= 0.3 is 0 Å². The third-order valence-electron chi connectivity index (χ3n) is 1.51. The van der Waals surface area contributed by atoms with Gasteiger partial charge < -0.3 is 5.32 Å². The van der Waals surface area contributed by atoms with Crippen LogP contribution < -0.4 is 5.32 Å². The summed E-state index contributed by atoms with van der Waals surface area (Å²) in [7, 11) is 1.94. The van der Waals surface area contributed by atoms with E-state index in [0.29, 0.717) is 0 Å². The number of hydrogen-bond donors (Lipinski definition) is 1. The van der Waals surface area contributed by atoms with Gasteiger partial charge in [0.15, 0.2) is 0 Å². The van der Waals surface area contributed by atoms with Crippen molar-refractivity contribution in [3.05, 3.63) is 36.9 Å². The molecule has 0 fully saturated rings. The van der Waals surface area contributed by atoms with Gasteiger partial charge in [-0.2, -0.15) is 0 Å². The summed E-state index contributed by atoms with van der Waals surface area (Å²) in [5.41, 5.74) is 1.18. The molecule has 0 bridgehead atoms. The summed E-state index contributed by atoms with van der Waals surface area (Å²) < 4.78 is 0. The summed E-state index contributed by atoms with van der Waals surface area (Å²) in [6.07, 6.45) is 1.91. The molecule has 0 saturated carbocycles. The van der Waals surface area contributed by atoms with E-state index in [9.17, 15) is 0 Å². The van der Waals surface area contributed by atoms with Gasteiger partial charge in [0.05, 0.1) is 0 Å². The normalized spacial score (nSPS) is 9.42. The van der Waals surface area contributed by atoms with Gasteiger partial charge in [-0.1, -0.05) is 18.2 Å². The molecule has 1 aromatic carbocycles. The molecule has 0 unspecified atom stereocenters. The fraction of sp³-hybridized carbons (Fsp3) is 0.200. The molecule has 1 nitrogen and oxygen atoms in total. The Morgan fingerprint density at radius 3 is 2.92 bits per heavy atom. The van der Waals surface area contributed by atoms with E-state index in [0.717, 1.165) is 5.75 Å². The summed E-state index contributed by atoms with van der Waals surface area (Å²) in [6, 6.07) is 8.27. The smallest absolute Gasteiger partial charge is 0.0475 e. The second-order valence-electron chi connectivity index (χ2n) is 2.35. The first kappa shape index (κ1) is 9.20. The van der Waals surface area contributed by atoms with E-state index in [1.165, 1.54) is 10.6 Å². The number of rotatable bonds is 4. The Labute approximate surface area is 77.9 Å². The number of thioether (sulfide) groups is 1. The number of hydrogen-bond acceptors (Lipinski definition) is 2. The molecule has 2 heteroatoms. The van der Waals surface area contributed by atoms with E-state index in [4.69, 9.17) is 0 Å². The molecule has 0 aliphatic carbocycles. The lowest BCUT2D eigenvalue weighted by atomic mass is 10.3. The van der Waals surface area contributed by atoms with Crippen molar-refractivity contribution >= 4 is 17.4 Å². The molecule has 0 aliphatic rings. The maximum Gasteiger partial charge on any atom is 0.0475 e. The maximum atomic E-state index is 3.69. The second-order valence-corrected chi connectivity index (χ2v) is 3.41. The number of para-hydroxylation sites is 1. The van der Waals surface area contributed by atoms with Crippen LogP contribution in [0.1, 0.15) is 0 Å². The summed E-state index contributed by atoms with van der Waals surface area (Å²) in [5.74, 6) is 0.957. The lowest BCUT2D eigenvalue weighted by Gasteiger charge is -2.05. The standard InChI is InChI=1S/C10H13NS/c1-3-8-12-10-7-5-4-6-9(10)11-2/h3-7,11H,1,8H2,2H3. The predicted molar refractivity (Wildman–Crippen MR) is 56.9 cm³/mol. The molecular formula is C10H13NS.